The number of thiophene rings is 1. The van der Waals surface area contributed by atoms with Gasteiger partial charge in [0.1, 0.15) is 5.11 Å². The van der Waals surface area contributed by atoms with Crippen molar-refractivity contribution in [1.29, 1.82) is 0 Å². The van der Waals surface area contributed by atoms with Crippen molar-refractivity contribution in [3.63, 3.8) is 0 Å². The molecule has 0 radical (unpaired) electrons. The summed E-state index contributed by atoms with van der Waals surface area (Å²) in [5, 5.41) is 32.1. The minimum absolute atomic E-state index is 0.0889. The minimum atomic E-state index is -4.44. The standard InChI is InChI=1S/C25H22F3N5O3S/c1-14-20(13-16-4-3-5-19(12-16)25(26,27)28)21(15(2)37-14)23(34)29-24(10-11-24)18-8-6-17(7-9-18)22-30-31-33(36)32(22)35/h3-9,12,33H,10-11,13H2,1-2H3,(H,29,34). The van der Waals surface area contributed by atoms with Crippen LogP contribution in [0.2, 0.25) is 0 Å². The molecule has 1 amide bonds. The molecule has 1 fully saturated rings. The zero-order valence-corrected chi connectivity index (χ0v) is 20.7. The number of hydrogen-bond acceptors (Lipinski definition) is 6. The zero-order chi connectivity index (χ0) is 26.5. The summed E-state index contributed by atoms with van der Waals surface area (Å²) in [6, 6.07) is 12.0. The molecule has 1 aliphatic carbocycles. The zero-order valence-electron chi connectivity index (χ0n) is 19.8. The van der Waals surface area contributed by atoms with E-state index in [-0.39, 0.29) is 23.0 Å². The van der Waals surface area contributed by atoms with Crippen molar-refractivity contribution in [2.45, 2.75) is 44.8 Å². The molecule has 1 aromatic heterocycles. The molecule has 192 valence electrons. The highest BCUT2D eigenvalue weighted by atomic mass is 32.1. The fourth-order valence-electron chi connectivity index (χ4n) is 4.57. The van der Waals surface area contributed by atoms with Crippen molar-refractivity contribution in [1.82, 2.24) is 5.32 Å². The van der Waals surface area contributed by atoms with Crippen molar-refractivity contribution in [3.8, 4) is 0 Å². The van der Waals surface area contributed by atoms with Gasteiger partial charge in [-0.15, -0.1) is 11.3 Å². The largest absolute Gasteiger partial charge is 0.664 e. The van der Waals surface area contributed by atoms with E-state index in [2.05, 4.69) is 15.7 Å². The highest BCUT2D eigenvalue weighted by molar-refractivity contribution is 7.12. The van der Waals surface area contributed by atoms with E-state index in [1.807, 2.05) is 13.8 Å². The Morgan fingerprint density at radius 3 is 2.46 bits per heavy atom. The lowest BCUT2D eigenvalue weighted by Crippen LogP contribution is -3.05. The maximum Gasteiger partial charge on any atom is 0.416 e. The van der Waals surface area contributed by atoms with Crippen LogP contribution in [0, 0.1) is 24.3 Å². The van der Waals surface area contributed by atoms with E-state index in [9.17, 15) is 28.4 Å². The molecule has 1 saturated carbocycles. The fraction of sp³-hybridized carbons (Fsp3) is 0.280. The summed E-state index contributed by atoms with van der Waals surface area (Å²) in [6.45, 7) is 3.70. The number of halogens is 3. The van der Waals surface area contributed by atoms with Gasteiger partial charge in [-0.05, 0) is 78.1 Å². The van der Waals surface area contributed by atoms with E-state index >= 15 is 0 Å². The van der Waals surface area contributed by atoms with Gasteiger partial charge in [-0.3, -0.25) is 4.79 Å². The number of benzene rings is 2. The van der Waals surface area contributed by atoms with Crippen LogP contribution in [-0.2, 0) is 18.1 Å². The lowest BCUT2D eigenvalue weighted by molar-refractivity contribution is -1.29. The summed E-state index contributed by atoms with van der Waals surface area (Å²) in [5.41, 5.74) is 1.66. The van der Waals surface area contributed by atoms with Gasteiger partial charge in [0.2, 0.25) is 0 Å². The first-order valence-corrected chi connectivity index (χ1v) is 12.3. The van der Waals surface area contributed by atoms with Gasteiger partial charge >= 0.3 is 12.0 Å². The van der Waals surface area contributed by atoms with Crippen molar-refractivity contribution in [2.24, 2.45) is 10.3 Å². The number of nitrogens with zero attached hydrogens (tertiary/aromatic N) is 3. The molecule has 0 spiro atoms. The summed E-state index contributed by atoms with van der Waals surface area (Å²) in [4.78, 5) is 15.3. The average molecular weight is 530 g/mol. The van der Waals surface area contributed by atoms with Gasteiger partial charge in [-0.2, -0.15) is 13.2 Å². The summed E-state index contributed by atoms with van der Waals surface area (Å²) in [7, 11) is 0. The number of carbonyl (C=O) groups is 1. The average Bonchev–Trinajstić information content (AvgIpc) is 3.47. The number of hydrogen-bond donors (Lipinski definition) is 2. The monoisotopic (exact) mass is 529 g/mol. The molecular formula is C25H22F3N5O3S. The summed E-state index contributed by atoms with van der Waals surface area (Å²) >= 11 is 1.44. The Bertz CT molecular complexity index is 1440. The van der Waals surface area contributed by atoms with E-state index in [1.54, 1.807) is 30.3 Å². The molecule has 12 heteroatoms. The van der Waals surface area contributed by atoms with Crippen molar-refractivity contribution < 1.29 is 28.1 Å². The Hall–Kier alpha value is -3.61. The van der Waals surface area contributed by atoms with Crippen LogP contribution >= 0.6 is 11.3 Å². The fourth-order valence-corrected chi connectivity index (χ4v) is 5.64. The maximum absolute atomic E-state index is 13.5. The smallest absolute Gasteiger partial charge is 0.416 e. The summed E-state index contributed by atoms with van der Waals surface area (Å²) in [5.74, 6) is -0.366. The number of rotatable bonds is 6. The molecule has 5 rings (SSSR count). The lowest BCUT2D eigenvalue weighted by atomic mass is 9.97. The molecule has 1 unspecified atom stereocenters. The predicted octanol–water partition coefficient (Wildman–Crippen LogP) is 4.33. The van der Waals surface area contributed by atoms with Crippen LogP contribution in [0.25, 0.3) is 0 Å². The van der Waals surface area contributed by atoms with Gasteiger partial charge in [0.15, 0.2) is 5.22 Å². The van der Waals surface area contributed by atoms with Crippen LogP contribution in [0.15, 0.2) is 58.9 Å². The number of alkyl halides is 3. The van der Waals surface area contributed by atoms with Crippen LogP contribution in [0.1, 0.15) is 60.8 Å². The van der Waals surface area contributed by atoms with Gasteiger partial charge in [-0.25, -0.2) is 0 Å². The quantitative estimate of drug-likeness (QED) is 0.367. The molecule has 37 heavy (non-hydrogen) atoms. The number of nitrogens with one attached hydrogen (secondary N) is 2. The molecule has 1 aliphatic heterocycles. The number of amidine groups is 1. The second kappa shape index (κ2) is 9.05. The number of quaternary nitrogens is 1. The van der Waals surface area contributed by atoms with Crippen molar-refractivity contribution in [2.75, 3.05) is 0 Å². The lowest BCUT2D eigenvalue weighted by Gasteiger charge is -2.19. The van der Waals surface area contributed by atoms with Crippen LogP contribution in [-0.4, -0.2) is 16.6 Å². The third-order valence-corrected chi connectivity index (χ3v) is 7.71. The van der Waals surface area contributed by atoms with Crippen molar-refractivity contribution in [3.05, 3.63) is 102 Å². The SMILES string of the molecule is Cc1sc(C)c(C(=O)NC2(c3ccc(C4=[N+]([O-])[NH+]([O-])N=N4)cc3)CC2)c1Cc1cccc(C(F)(F)F)c1. The number of aryl methyl sites for hydroxylation is 2. The molecule has 2 heterocycles. The molecule has 8 nitrogen and oxygen atoms in total. The third-order valence-electron chi connectivity index (χ3n) is 6.64. The highest BCUT2D eigenvalue weighted by Gasteiger charge is 2.46. The second-order valence-electron chi connectivity index (χ2n) is 9.16. The van der Waals surface area contributed by atoms with Crippen LogP contribution in [0.5, 0.6) is 0 Å². The van der Waals surface area contributed by atoms with Gasteiger partial charge in [0.05, 0.1) is 22.2 Å². The predicted molar refractivity (Wildman–Crippen MR) is 130 cm³/mol. The molecule has 0 bridgehead atoms. The van der Waals surface area contributed by atoms with Crippen LogP contribution in [0.3, 0.4) is 0 Å². The summed E-state index contributed by atoms with van der Waals surface area (Å²) in [6.07, 6.45) is -2.80. The Morgan fingerprint density at radius 1 is 1.16 bits per heavy atom. The first kappa shape index (κ1) is 25.1. The Kier molecular flexibility index (Phi) is 6.13. The second-order valence-corrected chi connectivity index (χ2v) is 10.6. The van der Waals surface area contributed by atoms with E-state index in [0.29, 0.717) is 35.1 Å². The van der Waals surface area contributed by atoms with Crippen LogP contribution < -0.4 is 10.6 Å². The molecule has 2 N–H and O–H groups in total. The Labute approximate surface area is 213 Å². The van der Waals surface area contributed by atoms with Crippen LogP contribution in [0.4, 0.5) is 13.2 Å². The van der Waals surface area contributed by atoms with Crippen molar-refractivity contribution >= 4 is 23.1 Å². The van der Waals surface area contributed by atoms with Gasteiger partial charge in [-0.1, -0.05) is 30.3 Å². The van der Waals surface area contributed by atoms with Gasteiger partial charge in [0.25, 0.3) is 5.91 Å². The number of carbonyl (C=O) groups excluding carboxylic acids is 1. The van der Waals surface area contributed by atoms with E-state index in [0.717, 1.165) is 27.5 Å². The topological polar surface area (TPSA) is 107 Å². The molecule has 2 aliphatic rings. The molecular weight excluding hydrogens is 507 g/mol. The first-order chi connectivity index (χ1) is 17.5. The molecule has 0 saturated heterocycles. The normalized spacial score (nSPS) is 18.4. The molecule has 2 aromatic carbocycles. The molecule has 3 aromatic rings. The maximum atomic E-state index is 13.5. The van der Waals surface area contributed by atoms with E-state index in [4.69, 9.17) is 0 Å². The highest BCUT2D eigenvalue weighted by Crippen LogP contribution is 2.46. The summed E-state index contributed by atoms with van der Waals surface area (Å²) < 4.78 is 39.6. The molecule has 1 atom stereocenters. The van der Waals surface area contributed by atoms with Gasteiger partial charge in [0, 0.05) is 9.75 Å². The van der Waals surface area contributed by atoms with E-state index < -0.39 is 22.6 Å². The first-order valence-electron chi connectivity index (χ1n) is 11.5. The third kappa shape index (κ3) is 4.75. The van der Waals surface area contributed by atoms with Gasteiger partial charge < -0.3 is 15.7 Å². The Balaban J connectivity index is 1.38. The number of amides is 1. The van der Waals surface area contributed by atoms with E-state index in [1.165, 1.54) is 17.4 Å². The Morgan fingerprint density at radius 2 is 1.86 bits per heavy atom. The minimum Gasteiger partial charge on any atom is -0.664 e.